The summed E-state index contributed by atoms with van der Waals surface area (Å²) in [6.45, 7) is 9.96. The standard InChI is InChI=1S/C17H35NO2/c1-4-7-10-15-20-16-11-12-17(19)18(13-8-5-2)14-9-6-3/h4-16H2,1-3H3. The van der Waals surface area contributed by atoms with Gasteiger partial charge in [0.2, 0.25) is 5.91 Å². The van der Waals surface area contributed by atoms with E-state index in [0.29, 0.717) is 12.3 Å². The average molecular weight is 285 g/mol. The Kier molecular flexibility index (Phi) is 14.4. The maximum atomic E-state index is 12.2. The summed E-state index contributed by atoms with van der Waals surface area (Å²) >= 11 is 0. The number of hydrogen-bond acceptors (Lipinski definition) is 2. The van der Waals surface area contributed by atoms with Crippen molar-refractivity contribution in [3.05, 3.63) is 0 Å². The molecule has 0 fully saturated rings. The molecule has 0 bridgehead atoms. The van der Waals surface area contributed by atoms with Crippen LogP contribution in [-0.4, -0.2) is 37.1 Å². The summed E-state index contributed by atoms with van der Waals surface area (Å²) in [5.41, 5.74) is 0. The number of carbonyl (C=O) groups is 1. The van der Waals surface area contributed by atoms with Crippen LogP contribution in [0.25, 0.3) is 0 Å². The lowest BCUT2D eigenvalue weighted by Crippen LogP contribution is -2.32. The minimum absolute atomic E-state index is 0.309. The van der Waals surface area contributed by atoms with E-state index in [1.807, 2.05) is 4.90 Å². The fraction of sp³-hybridized carbons (Fsp3) is 0.941. The van der Waals surface area contributed by atoms with Crippen LogP contribution >= 0.6 is 0 Å². The predicted molar refractivity (Wildman–Crippen MR) is 86.0 cm³/mol. The van der Waals surface area contributed by atoms with E-state index in [-0.39, 0.29) is 0 Å². The first-order chi connectivity index (χ1) is 9.76. The molecule has 3 heteroatoms. The topological polar surface area (TPSA) is 29.5 Å². The van der Waals surface area contributed by atoms with Gasteiger partial charge in [-0.3, -0.25) is 4.79 Å². The molecule has 0 unspecified atom stereocenters. The fourth-order valence-corrected chi connectivity index (χ4v) is 2.10. The zero-order chi connectivity index (χ0) is 15.1. The maximum Gasteiger partial charge on any atom is 0.222 e. The Morgan fingerprint density at radius 3 is 1.90 bits per heavy atom. The second kappa shape index (κ2) is 14.8. The number of unbranched alkanes of at least 4 members (excludes halogenated alkanes) is 4. The van der Waals surface area contributed by atoms with Gasteiger partial charge in [0.25, 0.3) is 0 Å². The molecule has 0 spiro atoms. The summed E-state index contributed by atoms with van der Waals surface area (Å²) in [7, 11) is 0. The van der Waals surface area contributed by atoms with Crippen molar-refractivity contribution in [3.63, 3.8) is 0 Å². The Bertz CT molecular complexity index is 211. The molecule has 1 amide bonds. The largest absolute Gasteiger partial charge is 0.381 e. The molecule has 0 aliphatic rings. The Morgan fingerprint density at radius 1 is 0.800 bits per heavy atom. The number of carbonyl (C=O) groups excluding carboxylic acids is 1. The first-order valence-corrected chi connectivity index (χ1v) is 8.61. The van der Waals surface area contributed by atoms with Gasteiger partial charge in [-0.15, -0.1) is 0 Å². The summed E-state index contributed by atoms with van der Waals surface area (Å²) in [4.78, 5) is 14.2. The van der Waals surface area contributed by atoms with Gasteiger partial charge in [0.15, 0.2) is 0 Å². The molecule has 0 aliphatic heterocycles. The molecular weight excluding hydrogens is 250 g/mol. The Morgan fingerprint density at radius 2 is 1.35 bits per heavy atom. The van der Waals surface area contributed by atoms with Crippen molar-refractivity contribution in [2.75, 3.05) is 26.3 Å². The molecule has 0 rings (SSSR count). The number of nitrogens with zero attached hydrogens (tertiary/aromatic N) is 1. The number of amides is 1. The van der Waals surface area contributed by atoms with Gasteiger partial charge in [-0.05, 0) is 25.7 Å². The highest BCUT2D eigenvalue weighted by atomic mass is 16.5. The lowest BCUT2D eigenvalue weighted by atomic mass is 10.2. The van der Waals surface area contributed by atoms with Crippen LogP contribution in [-0.2, 0) is 9.53 Å². The van der Waals surface area contributed by atoms with Crippen LogP contribution in [0.3, 0.4) is 0 Å². The molecule has 3 nitrogen and oxygen atoms in total. The van der Waals surface area contributed by atoms with Crippen LogP contribution < -0.4 is 0 Å². The first-order valence-electron chi connectivity index (χ1n) is 8.61. The fourth-order valence-electron chi connectivity index (χ4n) is 2.10. The SMILES string of the molecule is CCCCCOCCCC(=O)N(CCCC)CCCC. The van der Waals surface area contributed by atoms with Crippen LogP contribution in [0.2, 0.25) is 0 Å². The smallest absolute Gasteiger partial charge is 0.222 e. The van der Waals surface area contributed by atoms with Crippen molar-refractivity contribution in [1.29, 1.82) is 0 Å². The molecule has 0 aromatic rings. The second-order valence-corrected chi connectivity index (χ2v) is 5.51. The van der Waals surface area contributed by atoms with Crippen LogP contribution in [0, 0.1) is 0 Å². The molecule has 0 aromatic carbocycles. The molecule has 0 N–H and O–H groups in total. The Labute approximate surface area is 126 Å². The highest BCUT2D eigenvalue weighted by Crippen LogP contribution is 2.04. The van der Waals surface area contributed by atoms with E-state index in [4.69, 9.17) is 4.74 Å². The zero-order valence-corrected chi connectivity index (χ0v) is 14.0. The van der Waals surface area contributed by atoms with Crippen LogP contribution in [0.1, 0.15) is 78.6 Å². The third kappa shape index (κ3) is 11.3. The first kappa shape index (κ1) is 19.4. The van der Waals surface area contributed by atoms with E-state index in [2.05, 4.69) is 20.8 Å². The number of hydrogen-bond donors (Lipinski definition) is 0. The van der Waals surface area contributed by atoms with E-state index in [0.717, 1.165) is 64.8 Å². The van der Waals surface area contributed by atoms with Gasteiger partial charge in [-0.2, -0.15) is 0 Å². The van der Waals surface area contributed by atoms with E-state index in [1.54, 1.807) is 0 Å². The second-order valence-electron chi connectivity index (χ2n) is 5.51. The van der Waals surface area contributed by atoms with Crippen LogP contribution in [0.5, 0.6) is 0 Å². The lowest BCUT2D eigenvalue weighted by Gasteiger charge is -2.22. The van der Waals surface area contributed by atoms with E-state index >= 15 is 0 Å². The molecule has 120 valence electrons. The van der Waals surface area contributed by atoms with Gasteiger partial charge < -0.3 is 9.64 Å². The van der Waals surface area contributed by atoms with Gasteiger partial charge in [0.1, 0.15) is 0 Å². The molecule has 20 heavy (non-hydrogen) atoms. The van der Waals surface area contributed by atoms with Gasteiger partial charge in [-0.1, -0.05) is 46.5 Å². The van der Waals surface area contributed by atoms with E-state index in [9.17, 15) is 4.79 Å². The van der Waals surface area contributed by atoms with Crippen molar-refractivity contribution < 1.29 is 9.53 Å². The van der Waals surface area contributed by atoms with Gasteiger partial charge in [0, 0.05) is 32.7 Å². The normalized spacial score (nSPS) is 10.8. The molecule has 0 saturated carbocycles. The van der Waals surface area contributed by atoms with E-state index < -0.39 is 0 Å². The lowest BCUT2D eigenvalue weighted by molar-refractivity contribution is -0.131. The Balaban J connectivity index is 3.71. The minimum Gasteiger partial charge on any atom is -0.381 e. The highest BCUT2D eigenvalue weighted by molar-refractivity contribution is 5.76. The average Bonchev–Trinajstić information content (AvgIpc) is 2.46. The summed E-state index contributed by atoms with van der Waals surface area (Å²) in [6.07, 6.45) is 9.63. The van der Waals surface area contributed by atoms with Crippen molar-refractivity contribution in [1.82, 2.24) is 4.90 Å². The summed E-state index contributed by atoms with van der Waals surface area (Å²) in [6, 6.07) is 0. The molecule has 0 aromatic heterocycles. The molecule has 0 radical (unpaired) electrons. The van der Waals surface area contributed by atoms with Crippen molar-refractivity contribution >= 4 is 5.91 Å². The quantitative estimate of drug-likeness (QED) is 0.443. The van der Waals surface area contributed by atoms with Gasteiger partial charge in [-0.25, -0.2) is 0 Å². The van der Waals surface area contributed by atoms with Crippen LogP contribution in [0.4, 0.5) is 0 Å². The molecule has 0 saturated heterocycles. The third-order valence-electron chi connectivity index (χ3n) is 3.49. The van der Waals surface area contributed by atoms with Crippen LogP contribution in [0.15, 0.2) is 0 Å². The molecule has 0 aliphatic carbocycles. The minimum atomic E-state index is 0.309. The van der Waals surface area contributed by atoms with Crippen molar-refractivity contribution in [3.8, 4) is 0 Å². The summed E-state index contributed by atoms with van der Waals surface area (Å²) in [5.74, 6) is 0.309. The van der Waals surface area contributed by atoms with Gasteiger partial charge in [0.05, 0.1) is 0 Å². The number of ether oxygens (including phenoxy) is 1. The number of rotatable bonds is 14. The molecular formula is C17H35NO2. The van der Waals surface area contributed by atoms with Crippen molar-refractivity contribution in [2.24, 2.45) is 0 Å². The van der Waals surface area contributed by atoms with Crippen molar-refractivity contribution in [2.45, 2.75) is 78.6 Å². The zero-order valence-electron chi connectivity index (χ0n) is 14.0. The summed E-state index contributed by atoms with van der Waals surface area (Å²) < 4.78 is 5.56. The highest BCUT2D eigenvalue weighted by Gasteiger charge is 2.11. The third-order valence-corrected chi connectivity index (χ3v) is 3.49. The molecule has 0 atom stereocenters. The maximum absolute atomic E-state index is 12.2. The monoisotopic (exact) mass is 285 g/mol. The predicted octanol–water partition coefficient (Wildman–Crippen LogP) is 4.40. The summed E-state index contributed by atoms with van der Waals surface area (Å²) in [5, 5.41) is 0. The molecule has 0 heterocycles. The Hall–Kier alpha value is -0.570. The van der Waals surface area contributed by atoms with E-state index in [1.165, 1.54) is 12.8 Å². The van der Waals surface area contributed by atoms with Gasteiger partial charge >= 0.3 is 0 Å².